The van der Waals surface area contributed by atoms with Crippen molar-refractivity contribution in [1.29, 1.82) is 0 Å². The Labute approximate surface area is 230 Å². The van der Waals surface area contributed by atoms with Crippen LogP contribution in [0.1, 0.15) is 81.1 Å². The van der Waals surface area contributed by atoms with Gasteiger partial charge in [0.15, 0.2) is 11.8 Å². The molecule has 0 aliphatic carbocycles. The molecule has 0 spiro atoms. The number of pyridine rings is 1. The molecule has 8 nitrogen and oxygen atoms in total. The number of aromatic nitrogens is 2. The van der Waals surface area contributed by atoms with E-state index in [1.165, 1.54) is 13.3 Å². The third-order valence-electron chi connectivity index (χ3n) is 6.56. The second-order valence-electron chi connectivity index (χ2n) is 10.5. The summed E-state index contributed by atoms with van der Waals surface area (Å²) in [5, 5.41) is 9.57. The number of hydrogen-bond acceptors (Lipinski definition) is 6. The van der Waals surface area contributed by atoms with E-state index in [4.69, 9.17) is 9.47 Å². The molecule has 1 aliphatic heterocycles. The topological polar surface area (TPSA) is 93.4 Å². The molecule has 1 aliphatic rings. The van der Waals surface area contributed by atoms with Gasteiger partial charge in [-0.2, -0.15) is 0 Å². The molecule has 35 heavy (non-hydrogen) atoms. The Hall–Kier alpha value is -1.87. The van der Waals surface area contributed by atoms with E-state index in [1.807, 2.05) is 33.8 Å². The first-order valence-corrected chi connectivity index (χ1v) is 11.8. The number of rotatable bonds is 8. The molecule has 0 bridgehead atoms. The Balaban J connectivity index is 0.00000432. The van der Waals surface area contributed by atoms with Crippen LogP contribution in [0.3, 0.4) is 0 Å². The minimum absolute atomic E-state index is 0. The summed E-state index contributed by atoms with van der Waals surface area (Å²) in [5.74, 6) is -0.856. The Morgan fingerprint density at radius 2 is 1.94 bits per heavy atom. The van der Waals surface area contributed by atoms with Gasteiger partial charge in [-0.05, 0) is 70.4 Å². The van der Waals surface area contributed by atoms with Crippen molar-refractivity contribution >= 4 is 53.0 Å². The van der Waals surface area contributed by atoms with Gasteiger partial charge < -0.3 is 19.5 Å². The number of aromatic carboxylic acids is 1. The first-order valence-electron chi connectivity index (χ1n) is 11.8. The quantitative estimate of drug-likeness (QED) is 0.332. The van der Waals surface area contributed by atoms with E-state index in [9.17, 15) is 14.7 Å². The second-order valence-corrected chi connectivity index (χ2v) is 10.5. The summed E-state index contributed by atoms with van der Waals surface area (Å²) in [5.41, 5.74) is 1.55. The van der Waals surface area contributed by atoms with Gasteiger partial charge in [0, 0.05) is 24.8 Å². The molecule has 3 heterocycles. The number of fused-ring (bicyclic) bond motifs is 1. The van der Waals surface area contributed by atoms with Crippen LogP contribution in [0, 0.1) is 12.3 Å². The first kappa shape index (κ1) is 29.4. The standard InChI is InChI=1S/C26H37N3O5.Na.H/c1-8-9-10-26(6)11-13-28(14-12-26)22-20(21(24(32)33-7)34-25(3,4)5)17(2)15-19-27-18(23(30)31)16-29(19)22;;/h8,15-16,21H,1,9-14H2,2-7H3,(H,30,31);;/t21-;;/m0../s1. The predicted molar refractivity (Wildman–Crippen MR) is 139 cm³/mol. The van der Waals surface area contributed by atoms with Gasteiger partial charge in [-0.15, -0.1) is 6.58 Å². The van der Waals surface area contributed by atoms with Crippen LogP contribution in [0.2, 0.25) is 0 Å². The molecule has 0 radical (unpaired) electrons. The Morgan fingerprint density at radius 1 is 1.31 bits per heavy atom. The van der Waals surface area contributed by atoms with Crippen LogP contribution in [0.4, 0.5) is 5.82 Å². The molecule has 2 aromatic heterocycles. The van der Waals surface area contributed by atoms with Crippen molar-refractivity contribution < 1.29 is 24.2 Å². The number of methoxy groups -OCH3 is 1. The van der Waals surface area contributed by atoms with E-state index in [0.29, 0.717) is 11.2 Å². The van der Waals surface area contributed by atoms with Crippen molar-refractivity contribution in [3.05, 3.63) is 41.7 Å². The van der Waals surface area contributed by atoms with Gasteiger partial charge in [0.2, 0.25) is 0 Å². The molecule has 9 heteroatoms. The molecule has 3 rings (SSSR count). The van der Waals surface area contributed by atoms with Gasteiger partial charge in [0.1, 0.15) is 11.5 Å². The van der Waals surface area contributed by atoms with E-state index in [-0.39, 0.29) is 40.7 Å². The average molecular weight is 496 g/mol. The molecule has 1 N–H and O–H groups in total. The van der Waals surface area contributed by atoms with Gasteiger partial charge in [0.25, 0.3) is 0 Å². The molecule has 1 saturated heterocycles. The number of aryl methyl sites for hydroxylation is 1. The van der Waals surface area contributed by atoms with Crippen molar-refractivity contribution in [1.82, 2.24) is 9.38 Å². The van der Waals surface area contributed by atoms with Crippen molar-refractivity contribution in [2.24, 2.45) is 5.41 Å². The molecular weight excluding hydrogens is 457 g/mol. The number of esters is 1. The van der Waals surface area contributed by atoms with Crippen LogP contribution in [0.5, 0.6) is 0 Å². The summed E-state index contributed by atoms with van der Waals surface area (Å²) in [4.78, 5) is 31.2. The number of nitrogens with zero attached hydrogens (tertiary/aromatic N) is 3. The number of allylic oxidation sites excluding steroid dienone is 1. The minimum atomic E-state index is -1.10. The summed E-state index contributed by atoms with van der Waals surface area (Å²) in [6.07, 6.45) is 6.51. The normalized spacial score (nSPS) is 16.5. The molecule has 0 saturated carbocycles. The Morgan fingerprint density at radius 3 is 2.46 bits per heavy atom. The molecule has 0 aromatic carbocycles. The molecule has 1 fully saturated rings. The van der Waals surface area contributed by atoms with Gasteiger partial charge in [-0.25, -0.2) is 14.6 Å². The number of hydrogen-bond donors (Lipinski definition) is 1. The molecule has 188 valence electrons. The zero-order valence-corrected chi connectivity index (χ0v) is 21.2. The predicted octanol–water partition coefficient (Wildman–Crippen LogP) is 4.29. The summed E-state index contributed by atoms with van der Waals surface area (Å²) in [6.45, 7) is 15.3. The number of ether oxygens (including phenoxy) is 2. The fourth-order valence-corrected chi connectivity index (χ4v) is 4.64. The van der Waals surface area contributed by atoms with Gasteiger partial charge in [0.05, 0.1) is 12.7 Å². The summed E-state index contributed by atoms with van der Waals surface area (Å²) >= 11 is 0. The SMILES string of the molecule is C=CCCC1(C)CCN(c2c([C@H](OC(C)(C)C)C(=O)OC)c(C)cc3nc(C(=O)O)cn23)CC1.[NaH]. The molecule has 2 aromatic rings. The number of carboxylic acid groups (broad SMARTS) is 1. The van der Waals surface area contributed by atoms with E-state index in [0.717, 1.165) is 50.2 Å². The third-order valence-corrected chi connectivity index (χ3v) is 6.56. The van der Waals surface area contributed by atoms with E-state index in [1.54, 1.807) is 10.5 Å². The van der Waals surface area contributed by atoms with Gasteiger partial charge in [-0.3, -0.25) is 4.40 Å². The van der Waals surface area contributed by atoms with E-state index in [2.05, 4.69) is 23.4 Å². The van der Waals surface area contributed by atoms with Crippen LogP contribution in [-0.4, -0.2) is 81.8 Å². The van der Waals surface area contributed by atoms with Crippen molar-refractivity contribution in [2.45, 2.75) is 72.0 Å². The zero-order valence-electron chi connectivity index (χ0n) is 21.2. The summed E-state index contributed by atoms with van der Waals surface area (Å²) < 4.78 is 13.1. The van der Waals surface area contributed by atoms with Crippen molar-refractivity contribution in [2.75, 3.05) is 25.1 Å². The number of carbonyl (C=O) groups is 2. The average Bonchev–Trinajstić information content (AvgIpc) is 3.19. The first-order chi connectivity index (χ1) is 15.9. The second kappa shape index (κ2) is 11.5. The zero-order chi connectivity index (χ0) is 25.3. The molecule has 1 atom stereocenters. The molecule has 0 unspecified atom stereocenters. The fourth-order valence-electron chi connectivity index (χ4n) is 4.64. The third kappa shape index (κ3) is 6.67. The van der Waals surface area contributed by atoms with Gasteiger partial charge in [-0.1, -0.05) is 13.0 Å². The van der Waals surface area contributed by atoms with Crippen LogP contribution in [0.25, 0.3) is 5.65 Å². The number of carbonyl (C=O) groups excluding carboxylic acids is 1. The number of carboxylic acids is 1. The maximum absolute atomic E-state index is 13.0. The summed E-state index contributed by atoms with van der Waals surface area (Å²) in [6, 6.07) is 1.80. The summed E-state index contributed by atoms with van der Waals surface area (Å²) in [7, 11) is 1.35. The van der Waals surface area contributed by atoms with Crippen molar-refractivity contribution in [3.63, 3.8) is 0 Å². The Kier molecular flexibility index (Phi) is 9.61. The number of imidazole rings is 1. The molecular formula is C26H38N3NaO5. The van der Waals surface area contributed by atoms with E-state index < -0.39 is 23.6 Å². The van der Waals surface area contributed by atoms with Gasteiger partial charge >= 0.3 is 41.5 Å². The maximum atomic E-state index is 13.0. The monoisotopic (exact) mass is 495 g/mol. The Bertz CT molecular complexity index is 1080. The van der Waals surface area contributed by atoms with Crippen LogP contribution in [0.15, 0.2) is 24.9 Å². The molecule has 0 amide bonds. The van der Waals surface area contributed by atoms with E-state index >= 15 is 0 Å². The van der Waals surface area contributed by atoms with Crippen LogP contribution >= 0.6 is 0 Å². The number of piperidine rings is 1. The fraction of sp³-hybridized carbons (Fsp3) is 0.577. The number of anilines is 1. The van der Waals surface area contributed by atoms with Crippen LogP contribution < -0.4 is 4.90 Å². The van der Waals surface area contributed by atoms with Crippen molar-refractivity contribution in [3.8, 4) is 0 Å². The van der Waals surface area contributed by atoms with Crippen LogP contribution in [-0.2, 0) is 14.3 Å².